The van der Waals surface area contributed by atoms with Gasteiger partial charge in [-0.15, -0.1) is 0 Å². The van der Waals surface area contributed by atoms with Crippen molar-refractivity contribution >= 4 is 34.1 Å². The van der Waals surface area contributed by atoms with E-state index in [9.17, 15) is 18.0 Å². The molecular formula is C22H13ClF3N3O. The summed E-state index contributed by atoms with van der Waals surface area (Å²) in [5.41, 5.74) is 1.02. The maximum atomic E-state index is 13.0. The van der Waals surface area contributed by atoms with E-state index in [1.165, 1.54) is 0 Å². The van der Waals surface area contributed by atoms with E-state index in [2.05, 4.69) is 15.3 Å². The second kappa shape index (κ2) is 7.76. The number of aromatic nitrogens is 2. The maximum Gasteiger partial charge on any atom is 0.416 e. The molecule has 0 atom stereocenters. The number of anilines is 1. The summed E-state index contributed by atoms with van der Waals surface area (Å²) in [6.07, 6.45) is -1.32. The van der Waals surface area contributed by atoms with Crippen LogP contribution in [0.25, 0.3) is 22.2 Å². The van der Waals surface area contributed by atoms with Crippen LogP contribution in [0.5, 0.6) is 0 Å². The van der Waals surface area contributed by atoms with Crippen LogP contribution < -0.4 is 5.32 Å². The standard InChI is InChI=1S/C22H13ClF3N3O/c23-17-8-7-14(22(24,25)26)10-20(17)29-21(30)16-11-19(13-4-3-9-27-12-13)28-18-6-2-1-5-15(16)18/h1-12H,(H,29,30). The molecule has 150 valence electrons. The Labute approximate surface area is 174 Å². The predicted molar refractivity (Wildman–Crippen MR) is 109 cm³/mol. The molecule has 0 aliphatic rings. The van der Waals surface area contributed by atoms with Crippen LogP contribution in [0.2, 0.25) is 5.02 Å². The fraction of sp³-hybridized carbons (Fsp3) is 0.0455. The third kappa shape index (κ3) is 3.97. The van der Waals surface area contributed by atoms with Gasteiger partial charge in [-0.05, 0) is 42.5 Å². The van der Waals surface area contributed by atoms with Gasteiger partial charge in [0.1, 0.15) is 0 Å². The molecule has 2 aromatic carbocycles. The van der Waals surface area contributed by atoms with Crippen LogP contribution in [0.15, 0.2) is 73.1 Å². The molecule has 4 rings (SSSR count). The van der Waals surface area contributed by atoms with E-state index >= 15 is 0 Å². The quantitative estimate of drug-likeness (QED) is 0.422. The number of alkyl halides is 3. The molecule has 1 N–H and O–H groups in total. The summed E-state index contributed by atoms with van der Waals surface area (Å²) in [6, 6.07) is 14.9. The van der Waals surface area contributed by atoms with Gasteiger partial charge in [-0.25, -0.2) is 4.98 Å². The molecule has 0 unspecified atom stereocenters. The Hall–Kier alpha value is -3.45. The average molecular weight is 428 g/mol. The summed E-state index contributed by atoms with van der Waals surface area (Å²) in [5, 5.41) is 3.06. The van der Waals surface area contributed by atoms with Crippen LogP contribution in [0, 0.1) is 0 Å². The van der Waals surface area contributed by atoms with Crippen LogP contribution in [0.4, 0.5) is 18.9 Å². The van der Waals surface area contributed by atoms with Crippen LogP contribution >= 0.6 is 11.6 Å². The van der Waals surface area contributed by atoms with E-state index in [1.807, 2.05) is 0 Å². The predicted octanol–water partition coefficient (Wildman–Crippen LogP) is 6.22. The summed E-state index contributed by atoms with van der Waals surface area (Å²) >= 11 is 6.02. The molecule has 4 nitrogen and oxygen atoms in total. The first kappa shape index (κ1) is 19.8. The highest BCUT2D eigenvalue weighted by Gasteiger charge is 2.31. The number of halogens is 4. The number of pyridine rings is 2. The van der Waals surface area contributed by atoms with Gasteiger partial charge < -0.3 is 5.32 Å². The molecule has 2 heterocycles. The molecule has 0 radical (unpaired) electrons. The topological polar surface area (TPSA) is 54.9 Å². The lowest BCUT2D eigenvalue weighted by Crippen LogP contribution is -2.14. The van der Waals surface area contributed by atoms with Crippen molar-refractivity contribution in [1.29, 1.82) is 0 Å². The number of para-hydroxylation sites is 1. The summed E-state index contributed by atoms with van der Waals surface area (Å²) in [5.74, 6) is -0.597. The van der Waals surface area contributed by atoms with Crippen LogP contribution in [-0.2, 0) is 6.18 Å². The fourth-order valence-corrected chi connectivity index (χ4v) is 3.18. The van der Waals surface area contributed by atoms with Gasteiger partial charge in [-0.2, -0.15) is 13.2 Å². The molecule has 0 saturated carbocycles. The largest absolute Gasteiger partial charge is 0.416 e. The van der Waals surface area contributed by atoms with Gasteiger partial charge in [-0.3, -0.25) is 9.78 Å². The molecule has 0 spiro atoms. The van der Waals surface area contributed by atoms with Gasteiger partial charge in [0.2, 0.25) is 0 Å². The van der Waals surface area contributed by atoms with Gasteiger partial charge in [0.15, 0.2) is 0 Å². The van der Waals surface area contributed by atoms with E-state index in [1.54, 1.807) is 54.9 Å². The number of amides is 1. The number of nitrogens with zero attached hydrogens (tertiary/aromatic N) is 2. The highest BCUT2D eigenvalue weighted by Crippen LogP contribution is 2.34. The molecule has 0 saturated heterocycles. The summed E-state index contributed by atoms with van der Waals surface area (Å²) < 4.78 is 39.1. The number of benzene rings is 2. The first-order valence-corrected chi connectivity index (χ1v) is 9.19. The lowest BCUT2D eigenvalue weighted by Gasteiger charge is -2.13. The Balaban J connectivity index is 1.79. The monoisotopic (exact) mass is 427 g/mol. The fourth-order valence-electron chi connectivity index (χ4n) is 3.01. The molecular weight excluding hydrogens is 415 g/mol. The second-order valence-electron chi connectivity index (χ2n) is 6.46. The van der Waals surface area contributed by atoms with Crippen molar-refractivity contribution in [3.8, 4) is 11.3 Å². The minimum atomic E-state index is -4.55. The molecule has 30 heavy (non-hydrogen) atoms. The number of carbonyl (C=O) groups excluding carboxylic acids is 1. The summed E-state index contributed by atoms with van der Waals surface area (Å²) in [6.45, 7) is 0. The van der Waals surface area contributed by atoms with E-state index in [-0.39, 0.29) is 16.3 Å². The number of hydrogen-bond acceptors (Lipinski definition) is 3. The number of nitrogens with one attached hydrogen (secondary N) is 1. The third-order valence-electron chi connectivity index (χ3n) is 4.46. The van der Waals surface area contributed by atoms with E-state index in [0.29, 0.717) is 22.2 Å². The van der Waals surface area contributed by atoms with Crippen molar-refractivity contribution < 1.29 is 18.0 Å². The second-order valence-corrected chi connectivity index (χ2v) is 6.87. The van der Waals surface area contributed by atoms with Gasteiger partial charge in [-0.1, -0.05) is 29.8 Å². The van der Waals surface area contributed by atoms with E-state index in [4.69, 9.17) is 11.6 Å². The molecule has 8 heteroatoms. The molecule has 4 aromatic rings. The zero-order chi connectivity index (χ0) is 21.3. The normalized spacial score (nSPS) is 11.5. The van der Waals surface area contributed by atoms with E-state index in [0.717, 1.165) is 18.2 Å². The summed E-state index contributed by atoms with van der Waals surface area (Å²) in [4.78, 5) is 21.7. The smallest absolute Gasteiger partial charge is 0.321 e. The number of rotatable bonds is 3. The van der Waals surface area contributed by atoms with Gasteiger partial charge in [0.05, 0.1) is 33.0 Å². The number of carbonyl (C=O) groups is 1. The SMILES string of the molecule is O=C(Nc1cc(C(F)(F)F)ccc1Cl)c1cc(-c2cccnc2)nc2ccccc12. The number of fused-ring (bicyclic) bond motifs is 1. The lowest BCUT2D eigenvalue weighted by atomic mass is 10.0. The Kier molecular flexibility index (Phi) is 5.13. The molecule has 1 amide bonds. The first-order chi connectivity index (χ1) is 14.3. The Morgan fingerprint density at radius 2 is 1.80 bits per heavy atom. The molecule has 0 fully saturated rings. The highest BCUT2D eigenvalue weighted by molar-refractivity contribution is 6.34. The van der Waals surface area contributed by atoms with Crippen LogP contribution in [0.1, 0.15) is 15.9 Å². The Morgan fingerprint density at radius 3 is 2.53 bits per heavy atom. The average Bonchev–Trinajstić information content (AvgIpc) is 2.74. The van der Waals surface area contributed by atoms with Crippen LogP contribution in [0.3, 0.4) is 0 Å². The number of hydrogen-bond donors (Lipinski definition) is 1. The Morgan fingerprint density at radius 1 is 1.00 bits per heavy atom. The zero-order valence-corrected chi connectivity index (χ0v) is 16.0. The minimum absolute atomic E-state index is 0.00203. The van der Waals surface area contributed by atoms with Crippen molar-refractivity contribution in [3.05, 3.63) is 89.2 Å². The Bertz CT molecular complexity index is 1240. The maximum absolute atomic E-state index is 13.0. The third-order valence-corrected chi connectivity index (χ3v) is 4.79. The van der Waals surface area contributed by atoms with Crippen molar-refractivity contribution in [3.63, 3.8) is 0 Å². The van der Waals surface area contributed by atoms with Crippen molar-refractivity contribution in [1.82, 2.24) is 9.97 Å². The summed E-state index contributed by atoms with van der Waals surface area (Å²) in [7, 11) is 0. The lowest BCUT2D eigenvalue weighted by molar-refractivity contribution is -0.137. The molecule has 0 aliphatic heterocycles. The highest BCUT2D eigenvalue weighted by atomic mass is 35.5. The van der Waals surface area contributed by atoms with E-state index < -0.39 is 17.6 Å². The molecule has 0 aliphatic carbocycles. The van der Waals surface area contributed by atoms with Crippen LogP contribution in [-0.4, -0.2) is 15.9 Å². The van der Waals surface area contributed by atoms with Crippen molar-refractivity contribution in [2.24, 2.45) is 0 Å². The molecule has 0 bridgehead atoms. The first-order valence-electron chi connectivity index (χ1n) is 8.81. The van der Waals surface area contributed by atoms with Crippen molar-refractivity contribution in [2.45, 2.75) is 6.18 Å². The van der Waals surface area contributed by atoms with Gasteiger partial charge in [0.25, 0.3) is 5.91 Å². The minimum Gasteiger partial charge on any atom is -0.321 e. The zero-order valence-electron chi connectivity index (χ0n) is 15.2. The van der Waals surface area contributed by atoms with Crippen molar-refractivity contribution in [2.75, 3.05) is 5.32 Å². The molecule has 2 aromatic heterocycles. The van der Waals surface area contributed by atoms with Gasteiger partial charge in [0, 0.05) is 23.3 Å². The van der Waals surface area contributed by atoms with Gasteiger partial charge >= 0.3 is 6.18 Å².